The first-order valence-electron chi connectivity index (χ1n) is 5.58. The Morgan fingerprint density at radius 2 is 1.94 bits per heavy atom. The second kappa shape index (κ2) is 5.19. The molecule has 0 saturated heterocycles. The van der Waals surface area contributed by atoms with Crippen molar-refractivity contribution in [3.63, 3.8) is 0 Å². The highest BCUT2D eigenvalue weighted by Gasteiger charge is 2.04. The largest absolute Gasteiger partial charge is 0.492 e. The second-order valence-electron chi connectivity index (χ2n) is 3.86. The average molecular weight is 248 g/mol. The summed E-state index contributed by atoms with van der Waals surface area (Å²) in [5.74, 6) is 0.879. The normalized spacial score (nSPS) is 10.5. The molecule has 1 heterocycles. The number of nitrogens with one attached hydrogen (secondary N) is 1. The van der Waals surface area contributed by atoms with Crippen molar-refractivity contribution in [2.75, 3.05) is 6.61 Å². The van der Waals surface area contributed by atoms with Gasteiger partial charge in [0, 0.05) is 10.6 Å². The molecule has 0 fully saturated rings. The van der Waals surface area contributed by atoms with E-state index in [1.54, 1.807) is 0 Å². The van der Waals surface area contributed by atoms with Gasteiger partial charge in [-0.05, 0) is 26.0 Å². The smallest absolute Gasteiger partial charge is 0.182 e. The molecular weight excluding hydrogens is 232 g/mol. The topological polar surface area (TPSA) is 38.0 Å². The molecule has 3 nitrogen and oxygen atoms in total. The van der Waals surface area contributed by atoms with Crippen molar-refractivity contribution in [3.8, 4) is 5.75 Å². The van der Waals surface area contributed by atoms with E-state index in [9.17, 15) is 0 Å². The second-order valence-corrected chi connectivity index (χ2v) is 5.07. The molecule has 1 aromatic carbocycles. The molecule has 0 atom stereocenters. The summed E-state index contributed by atoms with van der Waals surface area (Å²) in [5, 5.41) is 7.84. The summed E-state index contributed by atoms with van der Waals surface area (Å²) in [6, 6.07) is 9.77. The lowest BCUT2D eigenvalue weighted by atomic mass is 10.3. The summed E-state index contributed by atoms with van der Waals surface area (Å²) in [5.41, 5.74) is 1.16. The number of para-hydroxylation sites is 1. The van der Waals surface area contributed by atoms with Crippen molar-refractivity contribution in [1.82, 2.24) is 4.57 Å². The van der Waals surface area contributed by atoms with Crippen LogP contribution in [0.25, 0.3) is 0 Å². The Hall–Kier alpha value is -1.55. The van der Waals surface area contributed by atoms with Gasteiger partial charge < -0.3 is 9.30 Å². The van der Waals surface area contributed by atoms with Gasteiger partial charge in [-0.3, -0.25) is 5.41 Å². The van der Waals surface area contributed by atoms with Gasteiger partial charge in [-0.1, -0.05) is 18.2 Å². The van der Waals surface area contributed by atoms with E-state index in [1.807, 2.05) is 48.7 Å². The number of aromatic nitrogens is 1. The summed E-state index contributed by atoms with van der Waals surface area (Å²) in [7, 11) is 0. The number of nitrogens with zero attached hydrogens (tertiary/aromatic N) is 1. The summed E-state index contributed by atoms with van der Waals surface area (Å²) in [6.07, 6.45) is 0. The van der Waals surface area contributed by atoms with Gasteiger partial charge >= 0.3 is 0 Å². The third-order valence-corrected chi connectivity index (χ3v) is 3.75. The van der Waals surface area contributed by atoms with E-state index in [-0.39, 0.29) is 0 Å². The van der Waals surface area contributed by atoms with Gasteiger partial charge in [0.15, 0.2) is 4.80 Å². The lowest BCUT2D eigenvalue weighted by Gasteiger charge is -2.08. The molecule has 1 N–H and O–H groups in total. The van der Waals surface area contributed by atoms with E-state index in [0.717, 1.165) is 18.0 Å². The quantitative estimate of drug-likeness (QED) is 0.887. The monoisotopic (exact) mass is 248 g/mol. The summed E-state index contributed by atoms with van der Waals surface area (Å²) in [4.78, 5) is 1.80. The Morgan fingerprint density at radius 3 is 2.53 bits per heavy atom. The van der Waals surface area contributed by atoms with Crippen LogP contribution in [-0.4, -0.2) is 11.2 Å². The Kier molecular flexibility index (Phi) is 3.64. The van der Waals surface area contributed by atoms with Crippen molar-refractivity contribution in [3.05, 3.63) is 45.7 Å². The van der Waals surface area contributed by atoms with Crippen LogP contribution in [0.15, 0.2) is 30.3 Å². The zero-order chi connectivity index (χ0) is 12.3. The van der Waals surface area contributed by atoms with E-state index in [2.05, 4.69) is 0 Å². The van der Waals surface area contributed by atoms with Gasteiger partial charge in [-0.2, -0.15) is 0 Å². The van der Waals surface area contributed by atoms with Gasteiger partial charge in [-0.25, -0.2) is 0 Å². The van der Waals surface area contributed by atoms with E-state index in [1.165, 1.54) is 16.2 Å². The number of hydrogen-bond donors (Lipinski definition) is 1. The molecule has 0 radical (unpaired) electrons. The highest BCUT2D eigenvalue weighted by Crippen LogP contribution is 2.11. The molecule has 0 saturated carbocycles. The fourth-order valence-corrected chi connectivity index (χ4v) is 2.54. The number of benzene rings is 1. The SMILES string of the molecule is Cc1sc(=N)n(CCOc2ccccc2)c1C. The van der Waals surface area contributed by atoms with Gasteiger partial charge in [0.05, 0.1) is 6.54 Å². The zero-order valence-corrected chi connectivity index (χ0v) is 10.9. The molecule has 17 heavy (non-hydrogen) atoms. The first kappa shape index (κ1) is 11.9. The van der Waals surface area contributed by atoms with Crippen LogP contribution in [0.5, 0.6) is 5.75 Å². The van der Waals surface area contributed by atoms with Crippen LogP contribution >= 0.6 is 11.3 Å². The maximum atomic E-state index is 7.84. The number of aryl methyl sites for hydroxylation is 1. The fraction of sp³-hybridized carbons (Fsp3) is 0.308. The lowest BCUT2D eigenvalue weighted by molar-refractivity contribution is 0.295. The summed E-state index contributed by atoms with van der Waals surface area (Å²) >= 11 is 1.52. The Balaban J connectivity index is 1.97. The van der Waals surface area contributed by atoms with Gasteiger partial charge in [0.1, 0.15) is 12.4 Å². The molecule has 2 rings (SSSR count). The van der Waals surface area contributed by atoms with E-state index in [0.29, 0.717) is 11.4 Å². The van der Waals surface area contributed by atoms with Crippen molar-refractivity contribution < 1.29 is 4.74 Å². The predicted molar refractivity (Wildman–Crippen MR) is 69.6 cm³/mol. The molecule has 0 unspecified atom stereocenters. The minimum Gasteiger partial charge on any atom is -0.492 e. The number of rotatable bonds is 4. The molecule has 90 valence electrons. The highest BCUT2D eigenvalue weighted by atomic mass is 32.1. The molecule has 0 aliphatic rings. The molecular formula is C13H16N2OS. The van der Waals surface area contributed by atoms with Crippen LogP contribution in [0.2, 0.25) is 0 Å². The maximum Gasteiger partial charge on any atom is 0.182 e. The average Bonchev–Trinajstić information content (AvgIpc) is 2.57. The minimum absolute atomic E-state index is 0.594. The number of thiazole rings is 1. The fourth-order valence-electron chi connectivity index (χ4n) is 1.66. The first-order valence-corrected chi connectivity index (χ1v) is 6.39. The number of ether oxygens (including phenoxy) is 1. The molecule has 2 aromatic rings. The molecule has 0 amide bonds. The minimum atomic E-state index is 0.594. The Morgan fingerprint density at radius 1 is 1.24 bits per heavy atom. The predicted octanol–water partition coefficient (Wildman–Crippen LogP) is 2.72. The highest BCUT2D eigenvalue weighted by molar-refractivity contribution is 7.09. The van der Waals surface area contributed by atoms with Crippen LogP contribution in [-0.2, 0) is 6.54 Å². The zero-order valence-electron chi connectivity index (χ0n) is 10.1. The third-order valence-electron chi connectivity index (χ3n) is 2.74. The van der Waals surface area contributed by atoms with Gasteiger partial charge in [-0.15, -0.1) is 11.3 Å². The maximum absolute atomic E-state index is 7.84. The van der Waals surface area contributed by atoms with E-state index < -0.39 is 0 Å². The van der Waals surface area contributed by atoms with E-state index >= 15 is 0 Å². The van der Waals surface area contributed by atoms with Gasteiger partial charge in [0.25, 0.3) is 0 Å². The van der Waals surface area contributed by atoms with Crippen LogP contribution in [0, 0.1) is 19.3 Å². The summed E-state index contributed by atoms with van der Waals surface area (Å²) in [6.45, 7) is 5.42. The van der Waals surface area contributed by atoms with E-state index in [4.69, 9.17) is 10.1 Å². The van der Waals surface area contributed by atoms with Crippen molar-refractivity contribution >= 4 is 11.3 Å². The van der Waals surface area contributed by atoms with Gasteiger partial charge in [0.2, 0.25) is 0 Å². The molecule has 1 aromatic heterocycles. The van der Waals surface area contributed by atoms with Crippen molar-refractivity contribution in [2.45, 2.75) is 20.4 Å². The molecule has 0 aliphatic heterocycles. The van der Waals surface area contributed by atoms with Crippen LogP contribution in [0.1, 0.15) is 10.6 Å². The summed E-state index contributed by atoms with van der Waals surface area (Å²) < 4.78 is 7.62. The van der Waals surface area contributed by atoms with Crippen molar-refractivity contribution in [2.24, 2.45) is 0 Å². The number of hydrogen-bond acceptors (Lipinski definition) is 3. The Bertz CT molecular complexity index is 542. The Labute approximate surface area is 105 Å². The molecule has 0 bridgehead atoms. The van der Waals surface area contributed by atoms with Crippen LogP contribution in [0.4, 0.5) is 0 Å². The lowest BCUT2D eigenvalue weighted by Crippen LogP contribution is -2.19. The van der Waals surface area contributed by atoms with Crippen LogP contribution < -0.4 is 9.54 Å². The molecule has 0 aliphatic carbocycles. The van der Waals surface area contributed by atoms with Crippen molar-refractivity contribution in [1.29, 1.82) is 5.41 Å². The molecule has 0 spiro atoms. The first-order chi connectivity index (χ1) is 8.18. The standard InChI is InChI=1S/C13H16N2OS/c1-10-11(2)17-13(14)15(10)8-9-16-12-6-4-3-5-7-12/h3-7,14H,8-9H2,1-2H3. The van der Waals surface area contributed by atoms with Crippen LogP contribution in [0.3, 0.4) is 0 Å². The third kappa shape index (κ3) is 2.77. The molecule has 4 heteroatoms.